The smallest absolute Gasteiger partial charge is 0.244 e. The molecule has 4 rings (SSSR count). The van der Waals surface area contributed by atoms with Gasteiger partial charge >= 0.3 is 0 Å². The third kappa shape index (κ3) is 4.05. The van der Waals surface area contributed by atoms with Crippen molar-refractivity contribution in [1.82, 2.24) is 9.55 Å². The second-order valence-electron chi connectivity index (χ2n) is 6.84. The van der Waals surface area contributed by atoms with Crippen LogP contribution in [0.3, 0.4) is 0 Å². The second kappa shape index (κ2) is 7.82. The van der Waals surface area contributed by atoms with Gasteiger partial charge in [-0.2, -0.15) is 0 Å². The Balaban J connectivity index is 1.51. The van der Waals surface area contributed by atoms with Gasteiger partial charge in [-0.1, -0.05) is 42.0 Å². The number of nitrogens with one attached hydrogen (secondary N) is 1. The van der Waals surface area contributed by atoms with Crippen LogP contribution in [-0.4, -0.2) is 15.5 Å². The van der Waals surface area contributed by atoms with Gasteiger partial charge in [0.05, 0.1) is 11.4 Å². The molecule has 0 saturated carbocycles. The van der Waals surface area contributed by atoms with Crippen LogP contribution in [0.2, 0.25) is 0 Å². The minimum absolute atomic E-state index is 0.0571. The first kappa shape index (κ1) is 18.2. The molecule has 0 aliphatic carbocycles. The molecule has 0 spiro atoms. The van der Waals surface area contributed by atoms with Crippen LogP contribution in [0.5, 0.6) is 0 Å². The van der Waals surface area contributed by atoms with Crippen LogP contribution >= 0.6 is 11.3 Å². The summed E-state index contributed by atoms with van der Waals surface area (Å²) in [5.41, 5.74) is 6.16. The van der Waals surface area contributed by atoms with Crippen molar-refractivity contribution in [3.63, 3.8) is 0 Å². The summed E-state index contributed by atoms with van der Waals surface area (Å²) >= 11 is 1.59. The van der Waals surface area contributed by atoms with Crippen molar-refractivity contribution < 1.29 is 4.79 Å². The Hall–Kier alpha value is -3.18. The van der Waals surface area contributed by atoms with E-state index < -0.39 is 0 Å². The van der Waals surface area contributed by atoms with Crippen LogP contribution in [0.4, 0.5) is 5.69 Å². The Morgan fingerprint density at radius 1 is 1.04 bits per heavy atom. The van der Waals surface area contributed by atoms with E-state index in [-0.39, 0.29) is 12.5 Å². The average molecular weight is 388 g/mol. The number of anilines is 1. The molecule has 2 heterocycles. The highest BCUT2D eigenvalue weighted by molar-refractivity contribution is 7.13. The van der Waals surface area contributed by atoms with Gasteiger partial charge in [-0.25, -0.2) is 4.98 Å². The molecule has 4 nitrogen and oxygen atoms in total. The van der Waals surface area contributed by atoms with Crippen molar-refractivity contribution in [3.8, 4) is 22.0 Å². The topological polar surface area (TPSA) is 46.9 Å². The lowest BCUT2D eigenvalue weighted by Crippen LogP contribution is -2.18. The lowest BCUT2D eigenvalue weighted by Gasteiger charge is -2.09. The average Bonchev–Trinajstić information content (AvgIpc) is 3.31. The van der Waals surface area contributed by atoms with Crippen molar-refractivity contribution in [2.45, 2.75) is 20.4 Å². The second-order valence-corrected chi connectivity index (χ2v) is 7.70. The van der Waals surface area contributed by atoms with Crippen LogP contribution in [0, 0.1) is 13.8 Å². The van der Waals surface area contributed by atoms with E-state index in [9.17, 15) is 4.79 Å². The highest BCUT2D eigenvalue weighted by Gasteiger charge is 2.13. The fourth-order valence-electron chi connectivity index (χ4n) is 3.07. The zero-order valence-corrected chi connectivity index (χ0v) is 16.7. The summed E-state index contributed by atoms with van der Waals surface area (Å²) in [6.45, 7) is 4.33. The molecular formula is C23H21N3OS. The largest absolute Gasteiger partial charge is 0.336 e. The van der Waals surface area contributed by atoms with Gasteiger partial charge in [0.15, 0.2) is 0 Å². The van der Waals surface area contributed by atoms with Crippen molar-refractivity contribution in [3.05, 3.63) is 83.4 Å². The first-order valence-electron chi connectivity index (χ1n) is 9.13. The van der Waals surface area contributed by atoms with Gasteiger partial charge < -0.3 is 9.88 Å². The molecule has 140 valence electrons. The minimum atomic E-state index is -0.0571. The van der Waals surface area contributed by atoms with Crippen molar-refractivity contribution >= 4 is 22.9 Å². The van der Waals surface area contributed by atoms with E-state index in [1.54, 1.807) is 11.3 Å². The predicted octanol–water partition coefficient (Wildman–Crippen LogP) is 5.53. The summed E-state index contributed by atoms with van der Waals surface area (Å²) in [7, 11) is 0. The molecule has 1 amide bonds. The third-order valence-corrected chi connectivity index (χ3v) is 5.38. The van der Waals surface area contributed by atoms with Gasteiger partial charge in [-0.3, -0.25) is 4.79 Å². The van der Waals surface area contributed by atoms with Gasteiger partial charge in [0.1, 0.15) is 11.6 Å². The molecule has 0 aliphatic rings. The minimum Gasteiger partial charge on any atom is -0.336 e. The highest BCUT2D eigenvalue weighted by Crippen LogP contribution is 2.29. The Morgan fingerprint density at radius 2 is 1.86 bits per heavy atom. The molecule has 28 heavy (non-hydrogen) atoms. The van der Waals surface area contributed by atoms with E-state index in [0.29, 0.717) is 0 Å². The lowest BCUT2D eigenvalue weighted by atomic mass is 10.1. The molecule has 0 saturated heterocycles. The molecule has 4 aromatic rings. The third-order valence-electron chi connectivity index (χ3n) is 4.52. The van der Waals surface area contributed by atoms with Crippen LogP contribution in [0.1, 0.15) is 11.1 Å². The molecule has 0 unspecified atom stereocenters. The maximum absolute atomic E-state index is 12.5. The molecule has 0 fully saturated rings. The van der Waals surface area contributed by atoms with E-state index >= 15 is 0 Å². The van der Waals surface area contributed by atoms with Crippen molar-refractivity contribution in [1.29, 1.82) is 0 Å². The predicted molar refractivity (Wildman–Crippen MR) is 116 cm³/mol. The zero-order valence-electron chi connectivity index (χ0n) is 15.8. The number of carbonyl (C=O) groups excluding carboxylic acids is 1. The number of aryl methyl sites for hydroxylation is 2. The van der Waals surface area contributed by atoms with Crippen LogP contribution in [0.15, 0.2) is 72.2 Å². The Labute approximate surface area is 168 Å². The van der Waals surface area contributed by atoms with E-state index in [1.165, 1.54) is 5.56 Å². The van der Waals surface area contributed by atoms with E-state index in [0.717, 1.165) is 33.2 Å². The quantitative estimate of drug-likeness (QED) is 0.489. The molecule has 1 N–H and O–H groups in total. The lowest BCUT2D eigenvalue weighted by molar-refractivity contribution is -0.116. The molecular weight excluding hydrogens is 366 g/mol. The van der Waals surface area contributed by atoms with Crippen LogP contribution in [-0.2, 0) is 11.3 Å². The van der Waals surface area contributed by atoms with Crippen LogP contribution < -0.4 is 5.32 Å². The maximum atomic E-state index is 12.5. The van der Waals surface area contributed by atoms with E-state index in [1.807, 2.05) is 54.1 Å². The van der Waals surface area contributed by atoms with E-state index in [2.05, 4.69) is 41.9 Å². The van der Waals surface area contributed by atoms with Gasteiger partial charge in [-0.05, 0) is 43.7 Å². The number of rotatable bonds is 5. The number of nitrogens with zero attached hydrogens (tertiary/aromatic N) is 2. The normalized spacial score (nSPS) is 10.8. The fourth-order valence-corrected chi connectivity index (χ4v) is 3.94. The zero-order chi connectivity index (χ0) is 19.5. The van der Waals surface area contributed by atoms with Gasteiger partial charge in [0.2, 0.25) is 5.91 Å². The molecule has 0 radical (unpaired) electrons. The standard InChI is InChI=1S/C23H21N3OS/c1-16-8-10-18(11-9-16)20-15-28-23(25-20)21-7-4-12-26(21)14-22(27)24-19-6-3-5-17(2)13-19/h3-13,15H,14H2,1-2H3,(H,24,27). The van der Waals surface area contributed by atoms with Crippen molar-refractivity contribution in [2.24, 2.45) is 0 Å². The number of hydrogen-bond donors (Lipinski definition) is 1. The molecule has 2 aromatic carbocycles. The fraction of sp³-hybridized carbons (Fsp3) is 0.130. The number of thiazole rings is 1. The molecule has 5 heteroatoms. The summed E-state index contributed by atoms with van der Waals surface area (Å²) in [6.07, 6.45) is 1.91. The number of carbonyl (C=O) groups is 1. The summed E-state index contributed by atoms with van der Waals surface area (Å²) in [6, 6.07) is 20.1. The number of benzene rings is 2. The van der Waals surface area contributed by atoms with Crippen LogP contribution in [0.25, 0.3) is 22.0 Å². The highest BCUT2D eigenvalue weighted by atomic mass is 32.1. The van der Waals surface area contributed by atoms with Gasteiger partial charge in [0.25, 0.3) is 0 Å². The van der Waals surface area contributed by atoms with E-state index in [4.69, 9.17) is 4.98 Å². The van der Waals surface area contributed by atoms with Gasteiger partial charge in [-0.15, -0.1) is 11.3 Å². The monoisotopic (exact) mass is 387 g/mol. The number of hydrogen-bond acceptors (Lipinski definition) is 3. The Bertz CT molecular complexity index is 1110. The maximum Gasteiger partial charge on any atom is 0.244 e. The van der Waals surface area contributed by atoms with Crippen molar-refractivity contribution in [2.75, 3.05) is 5.32 Å². The summed E-state index contributed by atoms with van der Waals surface area (Å²) in [5.74, 6) is -0.0571. The molecule has 0 aliphatic heterocycles. The van der Waals surface area contributed by atoms with Gasteiger partial charge in [0, 0.05) is 22.8 Å². The molecule has 0 bridgehead atoms. The Morgan fingerprint density at radius 3 is 2.64 bits per heavy atom. The number of amides is 1. The summed E-state index contributed by atoms with van der Waals surface area (Å²) in [5, 5.41) is 5.93. The first-order chi connectivity index (χ1) is 13.6. The molecule has 2 aromatic heterocycles. The first-order valence-corrected chi connectivity index (χ1v) is 10.0. The number of aromatic nitrogens is 2. The SMILES string of the molecule is Cc1ccc(-c2csc(-c3cccn3CC(=O)Nc3cccc(C)c3)n2)cc1. The summed E-state index contributed by atoms with van der Waals surface area (Å²) in [4.78, 5) is 17.3. The molecule has 0 atom stereocenters. The summed E-state index contributed by atoms with van der Waals surface area (Å²) < 4.78 is 1.93. The Kier molecular flexibility index (Phi) is 5.08.